The number of rotatable bonds is 3. The van der Waals surface area contributed by atoms with Gasteiger partial charge in [-0.2, -0.15) is 5.10 Å². The summed E-state index contributed by atoms with van der Waals surface area (Å²) in [6.07, 6.45) is 1.46. The molecule has 90 valence electrons. The number of anilines is 1. The molecule has 0 atom stereocenters. The van der Waals surface area contributed by atoms with Gasteiger partial charge in [0, 0.05) is 11.1 Å². The molecule has 2 N–H and O–H groups in total. The number of H-pyrrole nitrogens is 1. The van der Waals surface area contributed by atoms with Gasteiger partial charge in [0.15, 0.2) is 0 Å². The quantitative estimate of drug-likeness (QED) is 0.898. The number of hydrogen-bond acceptors (Lipinski definition) is 3. The van der Waals surface area contributed by atoms with Gasteiger partial charge >= 0.3 is 0 Å². The monoisotopic (exact) mass is 271 g/mol. The van der Waals surface area contributed by atoms with Crippen molar-refractivity contribution >= 4 is 27.4 Å². The molecule has 0 radical (unpaired) electrons. The molecule has 0 aliphatic carbocycles. The molecule has 0 saturated heterocycles. The predicted octanol–water partition coefficient (Wildman–Crippen LogP) is 2.17. The number of aromatic amines is 1. The average molecular weight is 272 g/mol. The first-order valence-corrected chi connectivity index (χ1v) is 6.63. The average Bonchev–Trinajstić information content (AvgIpc) is 2.73. The first-order valence-electron chi connectivity index (χ1n) is 4.77. The number of benzene rings is 1. The lowest BCUT2D eigenvalue weighted by Crippen LogP contribution is -2.14. The highest BCUT2D eigenvalue weighted by Crippen LogP contribution is 2.21. The van der Waals surface area contributed by atoms with Crippen LogP contribution in [0, 0.1) is 6.92 Å². The first kappa shape index (κ1) is 11.9. The normalized spacial score (nSPS) is 11.4. The molecule has 1 aromatic carbocycles. The second-order valence-electron chi connectivity index (χ2n) is 3.49. The molecular weight excluding hydrogens is 262 g/mol. The summed E-state index contributed by atoms with van der Waals surface area (Å²) < 4.78 is 26.5. The van der Waals surface area contributed by atoms with Crippen molar-refractivity contribution in [1.29, 1.82) is 0 Å². The van der Waals surface area contributed by atoms with E-state index in [1.807, 2.05) is 0 Å². The van der Waals surface area contributed by atoms with Crippen LogP contribution >= 0.6 is 11.6 Å². The largest absolute Gasteiger partial charge is 0.264 e. The summed E-state index contributed by atoms with van der Waals surface area (Å²) >= 11 is 5.79. The summed E-state index contributed by atoms with van der Waals surface area (Å²) in [7, 11) is -3.64. The second kappa shape index (κ2) is 4.38. The van der Waals surface area contributed by atoms with Crippen LogP contribution in [0.5, 0.6) is 0 Å². The van der Waals surface area contributed by atoms with E-state index in [0.29, 0.717) is 16.4 Å². The third-order valence-corrected chi connectivity index (χ3v) is 3.93. The number of hydrogen-bond donors (Lipinski definition) is 2. The maximum Gasteiger partial charge on any atom is 0.263 e. The lowest BCUT2D eigenvalue weighted by molar-refractivity contribution is 0.600. The molecule has 7 heteroatoms. The Morgan fingerprint density at radius 2 is 2.12 bits per heavy atom. The Morgan fingerprint density at radius 1 is 1.35 bits per heavy atom. The minimum atomic E-state index is -3.64. The van der Waals surface area contributed by atoms with Crippen molar-refractivity contribution in [2.24, 2.45) is 0 Å². The lowest BCUT2D eigenvalue weighted by atomic mass is 10.2. The minimum Gasteiger partial charge on any atom is -0.264 e. The highest BCUT2D eigenvalue weighted by molar-refractivity contribution is 7.92. The van der Waals surface area contributed by atoms with Gasteiger partial charge in [-0.15, -0.1) is 0 Å². The zero-order valence-corrected chi connectivity index (χ0v) is 10.5. The maximum atomic E-state index is 12.1. The summed E-state index contributed by atoms with van der Waals surface area (Å²) in [4.78, 5) is 0.152. The summed E-state index contributed by atoms with van der Waals surface area (Å²) in [6.45, 7) is 1.71. The van der Waals surface area contributed by atoms with Crippen LogP contribution in [0.25, 0.3) is 0 Å². The number of halogens is 1. The van der Waals surface area contributed by atoms with Crippen LogP contribution in [0.2, 0.25) is 5.02 Å². The van der Waals surface area contributed by atoms with Gasteiger partial charge in [-0.1, -0.05) is 17.7 Å². The Hall–Kier alpha value is -1.53. The van der Waals surface area contributed by atoms with Crippen LogP contribution < -0.4 is 4.72 Å². The molecule has 0 bridgehead atoms. The maximum absolute atomic E-state index is 12.1. The molecule has 5 nitrogen and oxygen atoms in total. The van der Waals surface area contributed by atoms with Gasteiger partial charge in [0.2, 0.25) is 0 Å². The lowest BCUT2D eigenvalue weighted by Gasteiger charge is -2.08. The number of nitrogens with zero attached hydrogens (tertiary/aromatic N) is 1. The fourth-order valence-electron chi connectivity index (χ4n) is 1.38. The number of aryl methyl sites for hydroxylation is 1. The molecular formula is C10H10ClN3O2S. The summed E-state index contributed by atoms with van der Waals surface area (Å²) in [5.74, 6) is 0.310. The van der Waals surface area contributed by atoms with Crippen molar-refractivity contribution in [3.8, 4) is 0 Å². The van der Waals surface area contributed by atoms with Gasteiger partial charge in [-0.05, 0) is 24.6 Å². The fraction of sp³-hybridized carbons (Fsp3) is 0.100. The summed E-state index contributed by atoms with van der Waals surface area (Å²) in [5.41, 5.74) is 0.626. The molecule has 0 amide bonds. The number of sulfonamides is 1. The van der Waals surface area contributed by atoms with Crippen molar-refractivity contribution in [3.05, 3.63) is 41.0 Å². The predicted molar refractivity (Wildman–Crippen MR) is 65.6 cm³/mol. The Morgan fingerprint density at radius 3 is 2.76 bits per heavy atom. The van der Waals surface area contributed by atoms with E-state index < -0.39 is 10.0 Å². The molecule has 1 heterocycles. The van der Waals surface area contributed by atoms with Crippen molar-refractivity contribution in [3.63, 3.8) is 0 Å². The van der Waals surface area contributed by atoms with Gasteiger partial charge in [0.05, 0.1) is 11.1 Å². The van der Waals surface area contributed by atoms with Gasteiger partial charge in [0.1, 0.15) is 5.82 Å². The molecule has 17 heavy (non-hydrogen) atoms. The van der Waals surface area contributed by atoms with E-state index >= 15 is 0 Å². The van der Waals surface area contributed by atoms with Crippen molar-refractivity contribution < 1.29 is 8.42 Å². The topological polar surface area (TPSA) is 74.8 Å². The second-order valence-corrected chi connectivity index (χ2v) is 5.57. The molecule has 0 aliphatic rings. The van der Waals surface area contributed by atoms with Crippen molar-refractivity contribution in [2.45, 2.75) is 11.8 Å². The Labute approximate surface area is 104 Å². The van der Waals surface area contributed by atoms with Crippen molar-refractivity contribution in [2.75, 3.05) is 4.72 Å². The van der Waals surface area contributed by atoms with Crippen LogP contribution in [-0.4, -0.2) is 18.6 Å². The summed E-state index contributed by atoms with van der Waals surface area (Å²) in [5, 5.41) is 6.56. The van der Waals surface area contributed by atoms with E-state index in [1.165, 1.54) is 18.3 Å². The smallest absolute Gasteiger partial charge is 0.263 e. The molecule has 0 aliphatic heterocycles. The van der Waals surface area contributed by atoms with E-state index in [0.717, 1.165) is 0 Å². The molecule has 1 aromatic heterocycles. The Balaban J connectivity index is 2.41. The third kappa shape index (κ3) is 2.59. The van der Waals surface area contributed by atoms with Crippen LogP contribution in [0.1, 0.15) is 5.56 Å². The summed E-state index contributed by atoms with van der Waals surface area (Å²) in [6, 6.07) is 6.24. The molecule has 0 fully saturated rings. The number of aromatic nitrogens is 2. The van der Waals surface area contributed by atoms with Crippen LogP contribution in [0.3, 0.4) is 0 Å². The molecule has 2 aromatic rings. The zero-order chi connectivity index (χ0) is 12.5. The van der Waals surface area contributed by atoms with E-state index in [2.05, 4.69) is 14.9 Å². The van der Waals surface area contributed by atoms with E-state index in [1.54, 1.807) is 19.1 Å². The molecule has 0 saturated carbocycles. The van der Waals surface area contributed by atoms with E-state index in [4.69, 9.17) is 11.6 Å². The van der Waals surface area contributed by atoms with Gasteiger partial charge in [0.25, 0.3) is 10.0 Å². The standard InChI is InChI=1S/C10H10ClN3O2S/c1-7-2-3-8(11)6-9(7)17(15,16)14-10-4-5-12-13-10/h2-6H,1H3,(H2,12,13,14). The molecule has 0 unspecified atom stereocenters. The van der Waals surface area contributed by atoms with E-state index in [-0.39, 0.29) is 4.90 Å². The van der Waals surface area contributed by atoms with Crippen LogP contribution in [0.15, 0.2) is 35.4 Å². The Bertz CT molecular complexity index is 623. The molecule has 0 spiro atoms. The molecule has 2 rings (SSSR count). The van der Waals surface area contributed by atoms with Gasteiger partial charge < -0.3 is 0 Å². The Kier molecular flexibility index (Phi) is 3.08. The SMILES string of the molecule is Cc1ccc(Cl)cc1S(=O)(=O)Nc1ccn[nH]1. The highest BCUT2D eigenvalue weighted by atomic mass is 35.5. The highest BCUT2D eigenvalue weighted by Gasteiger charge is 2.17. The third-order valence-electron chi connectivity index (χ3n) is 2.18. The van der Waals surface area contributed by atoms with Gasteiger partial charge in [-0.25, -0.2) is 8.42 Å². The number of nitrogens with one attached hydrogen (secondary N) is 2. The van der Waals surface area contributed by atoms with E-state index in [9.17, 15) is 8.42 Å². The van der Waals surface area contributed by atoms with Crippen molar-refractivity contribution in [1.82, 2.24) is 10.2 Å². The van der Waals surface area contributed by atoms with Crippen LogP contribution in [0.4, 0.5) is 5.82 Å². The van der Waals surface area contributed by atoms with Crippen LogP contribution in [-0.2, 0) is 10.0 Å². The van der Waals surface area contributed by atoms with Gasteiger partial charge in [-0.3, -0.25) is 9.82 Å². The first-order chi connectivity index (χ1) is 7.99. The fourth-order valence-corrected chi connectivity index (χ4v) is 2.90. The minimum absolute atomic E-state index is 0.152. The zero-order valence-electron chi connectivity index (χ0n) is 8.94.